The summed E-state index contributed by atoms with van der Waals surface area (Å²) in [7, 11) is 1.63. The molecule has 0 radical (unpaired) electrons. The number of nitrogens with zero attached hydrogens (tertiary/aromatic N) is 3. The van der Waals surface area contributed by atoms with Crippen LogP contribution in [0, 0.1) is 0 Å². The number of amidine groups is 1. The summed E-state index contributed by atoms with van der Waals surface area (Å²) in [6.45, 7) is 2.48. The molecule has 2 aliphatic heterocycles. The maximum Gasteiger partial charge on any atom is 0.262 e. The number of nitrogens with one attached hydrogen (secondary N) is 1. The van der Waals surface area contributed by atoms with E-state index in [0.717, 1.165) is 28.3 Å². The minimum Gasteiger partial charge on any atom is -0.497 e. The molecule has 0 unspecified atom stereocenters. The predicted octanol–water partition coefficient (Wildman–Crippen LogP) is 5.93. The normalized spacial score (nSPS) is 18.5. The van der Waals surface area contributed by atoms with Crippen LogP contribution in [0.15, 0.2) is 82.9 Å². The van der Waals surface area contributed by atoms with E-state index < -0.39 is 5.25 Å². The van der Waals surface area contributed by atoms with Gasteiger partial charge in [-0.05, 0) is 66.6 Å². The van der Waals surface area contributed by atoms with E-state index in [1.807, 2.05) is 55.5 Å². The van der Waals surface area contributed by atoms with E-state index in [1.54, 1.807) is 36.4 Å². The van der Waals surface area contributed by atoms with E-state index in [1.165, 1.54) is 11.8 Å². The molecule has 0 spiro atoms. The van der Waals surface area contributed by atoms with Crippen LogP contribution in [0.1, 0.15) is 36.9 Å². The van der Waals surface area contributed by atoms with Crippen molar-refractivity contribution in [2.75, 3.05) is 19.0 Å². The smallest absolute Gasteiger partial charge is 0.262 e. The first-order chi connectivity index (χ1) is 18.9. The Kier molecular flexibility index (Phi) is 8.18. The van der Waals surface area contributed by atoms with Gasteiger partial charge in [-0.15, -0.1) is 0 Å². The molecule has 2 heterocycles. The van der Waals surface area contributed by atoms with Crippen molar-refractivity contribution in [3.63, 3.8) is 0 Å². The third kappa shape index (κ3) is 6.26. The quantitative estimate of drug-likeness (QED) is 0.366. The molecule has 39 heavy (non-hydrogen) atoms. The van der Waals surface area contributed by atoms with Crippen molar-refractivity contribution >= 4 is 51.7 Å². The maximum absolute atomic E-state index is 12.9. The largest absolute Gasteiger partial charge is 0.497 e. The zero-order valence-corrected chi connectivity index (χ0v) is 23.0. The molecule has 3 aromatic rings. The number of thioether (sulfide) groups is 1. The highest BCUT2D eigenvalue weighted by Crippen LogP contribution is 2.39. The second kappa shape index (κ2) is 11.9. The van der Waals surface area contributed by atoms with Crippen molar-refractivity contribution in [3.05, 3.63) is 88.9 Å². The van der Waals surface area contributed by atoms with Crippen LogP contribution in [-0.2, 0) is 9.59 Å². The number of hydrazone groups is 1. The second-order valence-corrected chi connectivity index (χ2v) is 10.5. The Bertz CT molecular complexity index is 1410. The van der Waals surface area contributed by atoms with Gasteiger partial charge < -0.3 is 14.8 Å². The lowest BCUT2D eigenvalue weighted by Gasteiger charge is -2.23. The number of hydrogen-bond donors (Lipinski definition) is 1. The van der Waals surface area contributed by atoms with Gasteiger partial charge in [-0.2, -0.15) is 10.1 Å². The number of carbonyl (C=O) groups is 2. The molecule has 0 bridgehead atoms. The fourth-order valence-electron chi connectivity index (χ4n) is 4.38. The molecule has 1 N–H and O–H groups in total. The first-order valence-corrected chi connectivity index (χ1v) is 13.8. The van der Waals surface area contributed by atoms with Gasteiger partial charge in [0.25, 0.3) is 5.91 Å². The van der Waals surface area contributed by atoms with Gasteiger partial charge >= 0.3 is 0 Å². The highest BCUT2D eigenvalue weighted by atomic mass is 35.5. The average Bonchev–Trinajstić information content (AvgIpc) is 3.54. The molecule has 8 nitrogen and oxygen atoms in total. The SMILES string of the molecule is CCOc1ccc(NC(=O)C[C@@H]2SC(N3N=C(c4ccc(Cl)cc4)C[C@@H]3c3ccc(OC)cc3)=NC2=O)cc1. The third-order valence-electron chi connectivity index (χ3n) is 6.33. The lowest BCUT2D eigenvalue weighted by Crippen LogP contribution is -2.25. The van der Waals surface area contributed by atoms with Crippen LogP contribution < -0.4 is 14.8 Å². The van der Waals surface area contributed by atoms with E-state index in [9.17, 15) is 9.59 Å². The average molecular weight is 563 g/mol. The molecule has 2 aliphatic rings. The molecule has 0 saturated carbocycles. The Labute approximate surface area is 236 Å². The van der Waals surface area contributed by atoms with Crippen LogP contribution in [0.2, 0.25) is 5.02 Å². The molecular weight excluding hydrogens is 536 g/mol. The summed E-state index contributed by atoms with van der Waals surface area (Å²) in [6, 6.07) is 22.2. The summed E-state index contributed by atoms with van der Waals surface area (Å²) in [5.74, 6) is 0.870. The van der Waals surface area contributed by atoms with Crippen LogP contribution >= 0.6 is 23.4 Å². The molecule has 3 aromatic carbocycles. The Morgan fingerprint density at radius 1 is 1.05 bits per heavy atom. The number of anilines is 1. The number of carbonyl (C=O) groups excluding carboxylic acids is 2. The van der Waals surface area contributed by atoms with Crippen LogP contribution in [0.25, 0.3) is 0 Å². The van der Waals surface area contributed by atoms with Gasteiger partial charge in [-0.25, -0.2) is 5.01 Å². The molecule has 10 heteroatoms. The number of methoxy groups -OCH3 is 1. The number of amides is 2. The first-order valence-electron chi connectivity index (χ1n) is 12.5. The Hall–Kier alpha value is -3.82. The van der Waals surface area contributed by atoms with Gasteiger partial charge in [0.1, 0.15) is 16.7 Å². The lowest BCUT2D eigenvalue weighted by molar-refractivity contribution is -0.121. The number of benzene rings is 3. The molecule has 200 valence electrons. The monoisotopic (exact) mass is 562 g/mol. The van der Waals surface area contributed by atoms with Crippen LogP contribution in [0.4, 0.5) is 5.69 Å². The van der Waals surface area contributed by atoms with Crippen molar-refractivity contribution in [2.24, 2.45) is 10.1 Å². The molecule has 2 atom stereocenters. The zero-order chi connectivity index (χ0) is 27.4. The third-order valence-corrected chi connectivity index (χ3v) is 7.73. The van der Waals surface area contributed by atoms with Crippen molar-refractivity contribution in [1.82, 2.24) is 5.01 Å². The van der Waals surface area contributed by atoms with Crippen molar-refractivity contribution < 1.29 is 19.1 Å². The summed E-state index contributed by atoms with van der Waals surface area (Å²) >= 11 is 7.35. The zero-order valence-electron chi connectivity index (χ0n) is 21.5. The summed E-state index contributed by atoms with van der Waals surface area (Å²) in [5, 5.41) is 10.00. The molecule has 2 amide bonds. The van der Waals surface area contributed by atoms with E-state index in [0.29, 0.717) is 28.9 Å². The van der Waals surface area contributed by atoms with Crippen LogP contribution in [0.3, 0.4) is 0 Å². The van der Waals surface area contributed by atoms with Gasteiger partial charge in [0, 0.05) is 23.6 Å². The predicted molar refractivity (Wildman–Crippen MR) is 155 cm³/mol. The molecule has 0 aliphatic carbocycles. The van der Waals surface area contributed by atoms with E-state index in [4.69, 9.17) is 26.2 Å². The number of ether oxygens (including phenoxy) is 2. The summed E-state index contributed by atoms with van der Waals surface area (Å²) in [6.07, 6.45) is 0.614. The van der Waals surface area contributed by atoms with Gasteiger partial charge in [-0.1, -0.05) is 47.6 Å². The first kappa shape index (κ1) is 26.8. The van der Waals surface area contributed by atoms with E-state index >= 15 is 0 Å². The van der Waals surface area contributed by atoms with Gasteiger partial charge in [0.05, 0.1) is 25.5 Å². The molecule has 0 aromatic heterocycles. The Morgan fingerprint density at radius 2 is 1.74 bits per heavy atom. The molecule has 0 saturated heterocycles. The fourth-order valence-corrected chi connectivity index (χ4v) is 5.56. The summed E-state index contributed by atoms with van der Waals surface area (Å²) < 4.78 is 10.8. The fraction of sp³-hybridized carbons (Fsp3) is 0.241. The van der Waals surface area contributed by atoms with Gasteiger partial charge in [0.15, 0.2) is 5.17 Å². The molecule has 5 rings (SSSR count). The minimum atomic E-state index is -0.631. The van der Waals surface area contributed by atoms with Crippen LogP contribution in [0.5, 0.6) is 11.5 Å². The van der Waals surface area contributed by atoms with E-state index in [2.05, 4.69) is 10.3 Å². The minimum absolute atomic E-state index is 0.00148. The van der Waals surface area contributed by atoms with Gasteiger partial charge in [0.2, 0.25) is 5.91 Å². The number of rotatable bonds is 8. The standard InChI is InChI=1S/C29H27ClN4O4S/c1-3-38-23-14-10-21(11-15-23)31-27(35)17-26-28(36)32-29(39-26)34-25(19-6-12-22(37-2)13-7-19)16-24(33-34)18-4-8-20(30)9-5-18/h4-15,25-26H,3,16-17H2,1-2H3,(H,31,35)/t25-,26+/m1/s1. The van der Waals surface area contributed by atoms with Crippen molar-refractivity contribution in [1.29, 1.82) is 0 Å². The maximum atomic E-state index is 12.9. The number of aliphatic imine (C=N–C) groups is 1. The Balaban J connectivity index is 1.31. The topological polar surface area (TPSA) is 92.6 Å². The summed E-state index contributed by atoms with van der Waals surface area (Å²) in [4.78, 5) is 29.9. The Morgan fingerprint density at radius 3 is 2.41 bits per heavy atom. The molecule has 0 fully saturated rings. The van der Waals surface area contributed by atoms with Gasteiger partial charge in [-0.3, -0.25) is 9.59 Å². The van der Waals surface area contributed by atoms with Crippen LogP contribution in [-0.4, -0.2) is 46.7 Å². The second-order valence-electron chi connectivity index (χ2n) is 8.94. The van der Waals surface area contributed by atoms with Crippen molar-refractivity contribution in [2.45, 2.75) is 31.1 Å². The molecular formula is C29H27ClN4O4S. The highest BCUT2D eigenvalue weighted by Gasteiger charge is 2.39. The highest BCUT2D eigenvalue weighted by molar-refractivity contribution is 8.15. The number of halogens is 1. The van der Waals surface area contributed by atoms with Crippen molar-refractivity contribution in [3.8, 4) is 11.5 Å². The lowest BCUT2D eigenvalue weighted by atomic mass is 9.98. The summed E-state index contributed by atoms with van der Waals surface area (Å²) in [5.41, 5.74) is 3.45. The van der Waals surface area contributed by atoms with E-state index in [-0.39, 0.29) is 24.3 Å². The number of hydrogen-bond acceptors (Lipinski definition) is 7.